The van der Waals surface area contributed by atoms with Gasteiger partial charge in [0.1, 0.15) is 0 Å². The Morgan fingerprint density at radius 2 is 1.85 bits per heavy atom. The Morgan fingerprint density at radius 3 is 2.35 bits per heavy atom. The topological polar surface area (TPSA) is 67.2 Å². The number of hydrogen-bond donors (Lipinski definition) is 1. The fourth-order valence-electron chi connectivity index (χ4n) is 2.68. The van der Waals surface area contributed by atoms with Crippen molar-refractivity contribution in [2.45, 2.75) is 27.2 Å². The van der Waals surface area contributed by atoms with E-state index in [-0.39, 0.29) is 24.8 Å². The minimum atomic E-state index is -0.352. The second-order valence-electron chi connectivity index (χ2n) is 6.00. The van der Waals surface area contributed by atoms with Crippen LogP contribution in [0.2, 0.25) is 10.0 Å². The molecule has 0 aliphatic carbocycles. The Labute approximate surface area is 163 Å². The van der Waals surface area contributed by atoms with Gasteiger partial charge in [-0.1, -0.05) is 29.3 Å². The zero-order valence-electron chi connectivity index (χ0n) is 15.3. The van der Waals surface area contributed by atoms with Crippen molar-refractivity contribution in [1.82, 2.24) is 14.7 Å². The van der Waals surface area contributed by atoms with Crippen molar-refractivity contribution in [1.29, 1.82) is 0 Å². The van der Waals surface area contributed by atoms with Crippen LogP contribution in [0.5, 0.6) is 0 Å². The Bertz CT molecular complexity index is 813. The first-order valence-electron chi connectivity index (χ1n) is 8.25. The number of anilines is 1. The summed E-state index contributed by atoms with van der Waals surface area (Å²) in [4.78, 5) is 26.5. The number of para-hydroxylation sites is 1. The first kappa shape index (κ1) is 20.3. The number of halogens is 2. The van der Waals surface area contributed by atoms with E-state index < -0.39 is 0 Å². The summed E-state index contributed by atoms with van der Waals surface area (Å²) in [7, 11) is 1.84. The molecule has 1 N–H and O–H groups in total. The molecular formula is C18H22Cl2N4O2. The van der Waals surface area contributed by atoms with Crippen molar-refractivity contribution < 1.29 is 9.59 Å². The first-order valence-corrected chi connectivity index (χ1v) is 9.00. The lowest BCUT2D eigenvalue weighted by Gasteiger charge is -2.21. The van der Waals surface area contributed by atoms with Crippen molar-refractivity contribution in [2.75, 3.05) is 18.4 Å². The summed E-state index contributed by atoms with van der Waals surface area (Å²) in [5.41, 5.74) is 3.01. The number of carbonyl (C=O) groups is 2. The minimum Gasteiger partial charge on any atom is -0.333 e. The molecule has 8 heteroatoms. The number of carbonyl (C=O) groups excluding carboxylic acids is 2. The predicted molar refractivity (Wildman–Crippen MR) is 104 cm³/mol. The fourth-order valence-corrected chi connectivity index (χ4v) is 3.17. The number of benzene rings is 1. The number of aromatic nitrogens is 2. The van der Waals surface area contributed by atoms with Gasteiger partial charge in [-0.05, 0) is 32.9 Å². The molecule has 140 valence electrons. The van der Waals surface area contributed by atoms with Gasteiger partial charge in [0, 0.05) is 24.8 Å². The summed E-state index contributed by atoms with van der Waals surface area (Å²) in [6.45, 7) is 5.97. The highest BCUT2D eigenvalue weighted by Gasteiger charge is 2.20. The number of likely N-dealkylation sites (N-methyl/N-ethyl adjacent to an activating group) is 1. The van der Waals surface area contributed by atoms with E-state index in [1.165, 1.54) is 4.90 Å². The maximum absolute atomic E-state index is 12.6. The van der Waals surface area contributed by atoms with Crippen molar-refractivity contribution in [2.24, 2.45) is 7.05 Å². The summed E-state index contributed by atoms with van der Waals surface area (Å²) in [6.07, 6.45) is 0.208. The molecule has 0 atom stereocenters. The quantitative estimate of drug-likeness (QED) is 0.813. The summed E-state index contributed by atoms with van der Waals surface area (Å²) < 4.78 is 1.75. The summed E-state index contributed by atoms with van der Waals surface area (Å²) >= 11 is 12.1. The van der Waals surface area contributed by atoms with E-state index in [0.29, 0.717) is 22.3 Å². The summed E-state index contributed by atoms with van der Waals surface area (Å²) in [6, 6.07) is 4.97. The molecule has 0 spiro atoms. The van der Waals surface area contributed by atoms with Gasteiger partial charge in [-0.25, -0.2) is 0 Å². The molecule has 2 aromatic rings. The Morgan fingerprint density at radius 1 is 1.23 bits per heavy atom. The molecule has 0 aliphatic rings. The van der Waals surface area contributed by atoms with E-state index in [1.54, 1.807) is 22.9 Å². The molecule has 1 aromatic carbocycles. The maximum atomic E-state index is 12.6. The minimum absolute atomic E-state index is 0.0742. The number of nitrogens with one attached hydrogen (secondary N) is 1. The third-order valence-corrected chi connectivity index (χ3v) is 4.91. The van der Waals surface area contributed by atoms with Crippen LogP contribution < -0.4 is 5.32 Å². The van der Waals surface area contributed by atoms with Gasteiger partial charge in [-0.2, -0.15) is 5.10 Å². The molecule has 2 rings (SSSR count). The molecule has 0 aliphatic heterocycles. The van der Waals surface area contributed by atoms with E-state index in [2.05, 4.69) is 10.4 Å². The third-order valence-electron chi connectivity index (χ3n) is 4.28. The van der Waals surface area contributed by atoms with Crippen LogP contribution in [0.1, 0.15) is 23.9 Å². The molecule has 0 unspecified atom stereocenters. The lowest BCUT2D eigenvalue weighted by molar-refractivity contribution is -0.133. The number of hydrogen-bond acceptors (Lipinski definition) is 3. The molecule has 1 heterocycles. The van der Waals surface area contributed by atoms with Gasteiger partial charge in [0.25, 0.3) is 0 Å². The predicted octanol–water partition coefficient (Wildman–Crippen LogP) is 3.37. The van der Waals surface area contributed by atoms with Gasteiger partial charge in [0.2, 0.25) is 11.8 Å². The van der Waals surface area contributed by atoms with E-state index in [0.717, 1.165) is 17.0 Å². The molecule has 0 saturated heterocycles. The van der Waals surface area contributed by atoms with Gasteiger partial charge in [-0.15, -0.1) is 0 Å². The lowest BCUT2D eigenvalue weighted by atomic mass is 10.1. The zero-order valence-corrected chi connectivity index (χ0v) is 16.8. The average Bonchev–Trinajstić information content (AvgIpc) is 2.82. The van der Waals surface area contributed by atoms with E-state index >= 15 is 0 Å². The van der Waals surface area contributed by atoms with Crippen molar-refractivity contribution in [3.05, 3.63) is 45.2 Å². The van der Waals surface area contributed by atoms with Crippen molar-refractivity contribution >= 4 is 40.7 Å². The smallest absolute Gasteiger partial charge is 0.244 e. The number of aryl methyl sites for hydroxylation is 2. The van der Waals surface area contributed by atoms with Crippen LogP contribution >= 0.6 is 23.2 Å². The Kier molecular flexibility index (Phi) is 6.67. The first-order chi connectivity index (χ1) is 12.2. The zero-order chi connectivity index (χ0) is 19.4. The summed E-state index contributed by atoms with van der Waals surface area (Å²) in [5, 5.41) is 7.70. The molecule has 0 fully saturated rings. The average molecular weight is 397 g/mol. The molecule has 0 saturated carbocycles. The number of rotatable bonds is 6. The van der Waals surface area contributed by atoms with Gasteiger partial charge >= 0.3 is 0 Å². The normalized spacial score (nSPS) is 10.7. The Balaban J connectivity index is 2.06. The fraction of sp³-hybridized carbons (Fsp3) is 0.389. The van der Waals surface area contributed by atoms with Crippen molar-refractivity contribution in [3.63, 3.8) is 0 Å². The van der Waals surface area contributed by atoms with Crippen LogP contribution in [-0.4, -0.2) is 39.6 Å². The molecule has 0 bridgehead atoms. The van der Waals surface area contributed by atoms with E-state index in [1.807, 2.05) is 27.8 Å². The standard InChI is InChI=1S/C18H22Cl2N4O2/c1-5-24(17(26)9-13-11(2)22-23(4)12(13)3)10-16(25)21-18-14(19)7-6-8-15(18)20/h6-8H,5,9-10H2,1-4H3,(H,21,25). The second kappa shape index (κ2) is 8.56. The number of amides is 2. The third kappa shape index (κ3) is 4.56. The molecular weight excluding hydrogens is 375 g/mol. The number of nitrogens with zero attached hydrogens (tertiary/aromatic N) is 3. The van der Waals surface area contributed by atoms with Crippen LogP contribution in [0.3, 0.4) is 0 Å². The van der Waals surface area contributed by atoms with Crippen LogP contribution in [-0.2, 0) is 23.1 Å². The highest BCUT2D eigenvalue weighted by atomic mass is 35.5. The molecule has 1 aromatic heterocycles. The van der Waals surface area contributed by atoms with Gasteiger partial charge in [0.15, 0.2) is 0 Å². The van der Waals surface area contributed by atoms with Crippen LogP contribution in [0.25, 0.3) is 0 Å². The highest BCUT2D eigenvalue weighted by molar-refractivity contribution is 6.39. The Hall–Kier alpha value is -2.05. The SMILES string of the molecule is CCN(CC(=O)Nc1c(Cl)cccc1Cl)C(=O)Cc1c(C)nn(C)c1C. The van der Waals surface area contributed by atoms with Gasteiger partial charge in [-0.3, -0.25) is 14.3 Å². The second-order valence-corrected chi connectivity index (χ2v) is 6.82. The molecule has 26 heavy (non-hydrogen) atoms. The van der Waals surface area contributed by atoms with Crippen molar-refractivity contribution in [3.8, 4) is 0 Å². The maximum Gasteiger partial charge on any atom is 0.244 e. The molecule has 2 amide bonds. The lowest BCUT2D eigenvalue weighted by Crippen LogP contribution is -2.38. The van der Waals surface area contributed by atoms with Crippen LogP contribution in [0.15, 0.2) is 18.2 Å². The monoisotopic (exact) mass is 396 g/mol. The van der Waals surface area contributed by atoms with E-state index in [9.17, 15) is 9.59 Å². The van der Waals surface area contributed by atoms with E-state index in [4.69, 9.17) is 23.2 Å². The van der Waals surface area contributed by atoms with Gasteiger partial charge < -0.3 is 10.2 Å². The van der Waals surface area contributed by atoms with Crippen LogP contribution in [0, 0.1) is 13.8 Å². The largest absolute Gasteiger partial charge is 0.333 e. The molecule has 6 nitrogen and oxygen atoms in total. The van der Waals surface area contributed by atoms with Crippen LogP contribution in [0.4, 0.5) is 5.69 Å². The molecule has 0 radical (unpaired) electrons. The highest BCUT2D eigenvalue weighted by Crippen LogP contribution is 2.29. The summed E-state index contributed by atoms with van der Waals surface area (Å²) in [5.74, 6) is -0.484. The van der Waals surface area contributed by atoms with Gasteiger partial charge in [0.05, 0.1) is 34.4 Å².